The van der Waals surface area contributed by atoms with Crippen LogP contribution in [-0.4, -0.2) is 20.6 Å². The normalized spacial score (nSPS) is 11.9. The first-order chi connectivity index (χ1) is 9.08. The van der Waals surface area contributed by atoms with Crippen LogP contribution in [0, 0.1) is 37.3 Å². The van der Waals surface area contributed by atoms with E-state index in [4.69, 9.17) is 0 Å². The molecule has 0 atom stereocenters. The van der Waals surface area contributed by atoms with Gasteiger partial charge in [0.1, 0.15) is 0 Å². The summed E-state index contributed by atoms with van der Waals surface area (Å²) >= 11 is 0. The van der Waals surface area contributed by atoms with Crippen molar-refractivity contribution in [2.75, 3.05) is 0 Å². The zero-order valence-electron chi connectivity index (χ0n) is 11.1. The van der Waals surface area contributed by atoms with Crippen LogP contribution in [0.3, 0.4) is 0 Å². The summed E-state index contributed by atoms with van der Waals surface area (Å²) in [6.45, 7) is 4.00. The van der Waals surface area contributed by atoms with E-state index in [0.29, 0.717) is 0 Å². The Morgan fingerprint density at radius 1 is 0.850 bits per heavy atom. The molecule has 0 saturated carbocycles. The third-order valence-corrected chi connectivity index (χ3v) is 3.38. The highest BCUT2D eigenvalue weighted by molar-refractivity contribution is 5.28. The van der Waals surface area contributed by atoms with Gasteiger partial charge in [-0.15, -0.1) is 0 Å². The molecular formula is C11H13N3O6. The quantitative estimate of drug-likeness (QED) is 0.459. The largest absolute Gasteiger partial charge is 0.708 e. The lowest BCUT2D eigenvalue weighted by molar-refractivity contribution is -0.980. The van der Waals surface area contributed by atoms with Crippen molar-refractivity contribution in [3.05, 3.63) is 65.7 Å². The smallest absolute Gasteiger partial charge is 0.253 e. The Balaban J connectivity index is 3.61. The molecule has 0 amide bonds. The number of nitrogens with zero attached hydrogens (tertiary/aromatic N) is 3. The van der Waals surface area contributed by atoms with E-state index < -0.39 is 26.0 Å². The fourth-order valence-corrected chi connectivity index (χ4v) is 2.05. The monoisotopic (exact) mass is 283 g/mol. The average Bonchev–Trinajstić information content (AvgIpc) is 2.27. The number of hydrogen-bond acceptors (Lipinski definition) is 6. The molecule has 0 bridgehead atoms. The predicted molar refractivity (Wildman–Crippen MR) is 67.9 cm³/mol. The van der Waals surface area contributed by atoms with Crippen LogP contribution in [0.4, 0.5) is 0 Å². The molecule has 0 fully saturated rings. The molecule has 9 heteroatoms. The first-order valence-electron chi connectivity index (χ1n) is 5.59. The van der Waals surface area contributed by atoms with Gasteiger partial charge in [0.05, 0.1) is 0 Å². The topological polar surface area (TPSA) is 129 Å². The molecule has 0 heterocycles. The van der Waals surface area contributed by atoms with Crippen molar-refractivity contribution in [1.29, 1.82) is 0 Å². The number of benzene rings is 1. The zero-order chi connectivity index (χ0) is 15.7. The summed E-state index contributed by atoms with van der Waals surface area (Å²) in [5.41, 5.74) is -0.955. The first kappa shape index (κ1) is 15.5. The van der Waals surface area contributed by atoms with Crippen LogP contribution in [0.15, 0.2) is 24.3 Å². The molecule has 1 rings (SSSR count). The van der Waals surface area contributed by atoms with Gasteiger partial charge >= 0.3 is 5.79 Å². The Morgan fingerprint density at radius 2 is 1.20 bits per heavy atom. The molecule has 1 aromatic carbocycles. The summed E-state index contributed by atoms with van der Waals surface area (Å²) in [5.74, 6) is -3.54. The van der Waals surface area contributed by atoms with Crippen LogP contribution >= 0.6 is 0 Å². The van der Waals surface area contributed by atoms with Crippen molar-refractivity contribution in [2.24, 2.45) is 0 Å². The fourth-order valence-electron chi connectivity index (χ4n) is 2.05. The van der Waals surface area contributed by atoms with Crippen molar-refractivity contribution in [1.82, 2.24) is 0 Å². The van der Waals surface area contributed by atoms with Crippen molar-refractivity contribution < 1.29 is 14.8 Å². The van der Waals surface area contributed by atoms with Gasteiger partial charge < -0.3 is 0 Å². The van der Waals surface area contributed by atoms with Crippen LogP contribution in [-0.2, 0) is 5.41 Å². The van der Waals surface area contributed by atoms with E-state index in [9.17, 15) is 30.3 Å². The number of nitro groups is 3. The lowest BCUT2D eigenvalue weighted by Gasteiger charge is -2.24. The zero-order valence-corrected chi connectivity index (χ0v) is 11.1. The SMILES string of the molecule is Cc1ccc(C(C)(C)C([N+](=O)[O-])([N+](=O)[O-])[N+](=O)[O-])cc1. The van der Waals surface area contributed by atoms with Gasteiger partial charge in [-0.1, -0.05) is 29.8 Å². The highest BCUT2D eigenvalue weighted by Crippen LogP contribution is 2.38. The average molecular weight is 283 g/mol. The summed E-state index contributed by atoms with van der Waals surface area (Å²) in [6, 6.07) is 6.00. The number of rotatable bonds is 5. The second-order valence-electron chi connectivity index (χ2n) is 4.90. The maximum atomic E-state index is 11.1. The second kappa shape index (κ2) is 4.83. The van der Waals surface area contributed by atoms with E-state index >= 15 is 0 Å². The summed E-state index contributed by atoms with van der Waals surface area (Å²) in [6.07, 6.45) is 0. The van der Waals surface area contributed by atoms with Crippen molar-refractivity contribution >= 4 is 0 Å². The molecule has 0 aliphatic carbocycles. The van der Waals surface area contributed by atoms with Crippen molar-refractivity contribution in [3.8, 4) is 0 Å². The van der Waals surface area contributed by atoms with Crippen molar-refractivity contribution in [2.45, 2.75) is 32.0 Å². The predicted octanol–water partition coefficient (Wildman–Crippen LogP) is 1.76. The number of aryl methyl sites for hydroxylation is 1. The van der Waals surface area contributed by atoms with E-state index in [1.54, 1.807) is 19.1 Å². The first-order valence-corrected chi connectivity index (χ1v) is 5.59. The summed E-state index contributed by atoms with van der Waals surface area (Å²) in [7, 11) is 0. The lowest BCUT2D eigenvalue weighted by atomic mass is 9.78. The standard InChI is InChI=1S/C11H13N3O6/c1-8-4-6-9(7-5-8)10(2,3)11(12(15)16,13(17)18)14(19)20/h4-7H,1-3H3. The maximum Gasteiger partial charge on any atom is 0.708 e. The highest BCUT2D eigenvalue weighted by Gasteiger charge is 2.81. The lowest BCUT2D eigenvalue weighted by Crippen LogP contribution is -2.64. The Bertz CT molecular complexity index is 530. The number of hydrogen-bond donors (Lipinski definition) is 0. The Kier molecular flexibility index (Phi) is 3.74. The molecule has 1 aromatic rings. The van der Waals surface area contributed by atoms with Crippen molar-refractivity contribution in [3.63, 3.8) is 0 Å². The molecule has 20 heavy (non-hydrogen) atoms. The minimum absolute atomic E-state index is 0.146. The molecule has 0 spiro atoms. The molecule has 9 nitrogen and oxygen atoms in total. The van der Waals surface area contributed by atoms with Crippen LogP contribution in [0.2, 0.25) is 0 Å². The molecular weight excluding hydrogens is 270 g/mol. The van der Waals surface area contributed by atoms with Crippen LogP contribution in [0.25, 0.3) is 0 Å². The van der Waals surface area contributed by atoms with Gasteiger partial charge in [-0.3, -0.25) is 30.3 Å². The minimum atomic E-state index is -3.54. The second-order valence-corrected chi connectivity index (χ2v) is 4.90. The Morgan fingerprint density at radius 3 is 1.50 bits per heavy atom. The van der Waals surface area contributed by atoms with E-state index in [2.05, 4.69) is 0 Å². The molecule has 108 valence electrons. The fraction of sp³-hybridized carbons (Fsp3) is 0.455. The van der Waals surface area contributed by atoms with E-state index in [1.165, 1.54) is 12.1 Å². The highest BCUT2D eigenvalue weighted by atomic mass is 16.7. The molecule has 0 aliphatic heterocycles. The van der Waals surface area contributed by atoms with Crippen LogP contribution in [0.1, 0.15) is 25.0 Å². The Hall–Kier alpha value is -2.58. The van der Waals surface area contributed by atoms with Gasteiger partial charge in [-0.2, -0.15) is 0 Å². The molecule has 0 unspecified atom stereocenters. The van der Waals surface area contributed by atoms with Crippen LogP contribution in [0.5, 0.6) is 0 Å². The Labute approximate surface area is 113 Å². The van der Waals surface area contributed by atoms with Gasteiger partial charge in [0.15, 0.2) is 14.8 Å². The molecule has 0 aliphatic rings. The molecule has 0 aromatic heterocycles. The van der Waals surface area contributed by atoms with Gasteiger partial charge in [0.25, 0.3) is 0 Å². The summed E-state index contributed by atoms with van der Waals surface area (Å²) in [4.78, 5) is 29.0. The van der Waals surface area contributed by atoms with E-state index in [-0.39, 0.29) is 5.56 Å². The molecule has 0 N–H and O–H groups in total. The third-order valence-electron chi connectivity index (χ3n) is 3.38. The third kappa shape index (κ3) is 1.96. The summed E-state index contributed by atoms with van der Waals surface area (Å²) < 4.78 is 0. The van der Waals surface area contributed by atoms with E-state index in [0.717, 1.165) is 19.4 Å². The molecule has 0 radical (unpaired) electrons. The maximum absolute atomic E-state index is 11.1. The van der Waals surface area contributed by atoms with Gasteiger partial charge in [-0.05, 0) is 26.3 Å². The van der Waals surface area contributed by atoms with Gasteiger partial charge in [-0.25, -0.2) is 0 Å². The van der Waals surface area contributed by atoms with Gasteiger partial charge in [0.2, 0.25) is 5.41 Å². The molecule has 0 saturated heterocycles. The van der Waals surface area contributed by atoms with Gasteiger partial charge in [0, 0.05) is 0 Å². The van der Waals surface area contributed by atoms with Crippen LogP contribution < -0.4 is 0 Å². The van der Waals surface area contributed by atoms with E-state index in [1.807, 2.05) is 0 Å². The minimum Gasteiger partial charge on any atom is -0.253 e. The summed E-state index contributed by atoms with van der Waals surface area (Å²) in [5, 5.41) is 33.3.